The Morgan fingerprint density at radius 3 is 2.65 bits per heavy atom. The van der Waals surface area contributed by atoms with Crippen LogP contribution in [0.25, 0.3) is 11.1 Å². The molecule has 0 fully saturated rings. The van der Waals surface area contributed by atoms with E-state index >= 15 is 0 Å². The number of nitrogens with one attached hydrogen (secondary N) is 1. The van der Waals surface area contributed by atoms with Gasteiger partial charge in [-0.3, -0.25) is 9.59 Å². The number of nitrogens with zero attached hydrogens (tertiary/aromatic N) is 1. The van der Waals surface area contributed by atoms with Crippen molar-refractivity contribution in [2.24, 2.45) is 7.05 Å². The van der Waals surface area contributed by atoms with Gasteiger partial charge >= 0.3 is 0 Å². The highest BCUT2D eigenvalue weighted by Crippen LogP contribution is 2.35. The molecule has 5 nitrogen and oxygen atoms in total. The van der Waals surface area contributed by atoms with Crippen LogP contribution >= 0.6 is 11.6 Å². The first-order valence-corrected chi connectivity index (χ1v) is 10.2. The topological polar surface area (TPSA) is 60.3 Å². The van der Waals surface area contributed by atoms with Gasteiger partial charge in [-0.05, 0) is 54.7 Å². The van der Waals surface area contributed by atoms with E-state index in [1.54, 1.807) is 25.4 Å². The van der Waals surface area contributed by atoms with Crippen LogP contribution in [0.2, 0.25) is 5.02 Å². The van der Waals surface area contributed by atoms with Crippen molar-refractivity contribution in [1.82, 2.24) is 9.88 Å². The van der Waals surface area contributed by atoms with Crippen LogP contribution in [-0.2, 0) is 18.3 Å². The lowest BCUT2D eigenvalue weighted by Crippen LogP contribution is -2.19. The smallest absolute Gasteiger partial charge is 0.250 e. The van der Waals surface area contributed by atoms with Gasteiger partial charge in [-0.1, -0.05) is 29.8 Å². The number of halogens is 2. The molecule has 0 spiro atoms. The lowest BCUT2D eigenvalue weighted by molar-refractivity contribution is -0.109. The Morgan fingerprint density at radius 1 is 1.19 bits per heavy atom. The normalized spacial score (nSPS) is 10.7. The molecule has 0 aliphatic carbocycles. The van der Waals surface area contributed by atoms with Gasteiger partial charge in [0.1, 0.15) is 18.2 Å². The van der Waals surface area contributed by atoms with Crippen LogP contribution in [0, 0.1) is 19.7 Å². The molecule has 0 radical (unpaired) electrons. The first-order chi connectivity index (χ1) is 14.8. The first-order valence-electron chi connectivity index (χ1n) is 9.85. The predicted octanol–water partition coefficient (Wildman–Crippen LogP) is 4.18. The van der Waals surface area contributed by atoms with Crippen molar-refractivity contribution >= 4 is 18.0 Å². The van der Waals surface area contributed by atoms with E-state index in [-0.39, 0.29) is 11.4 Å². The lowest BCUT2D eigenvalue weighted by atomic mass is 9.96. The van der Waals surface area contributed by atoms with E-state index in [0.29, 0.717) is 47.9 Å². The monoisotopic (exact) mass is 442 g/mol. The molecule has 3 rings (SSSR count). The average molecular weight is 443 g/mol. The third-order valence-electron chi connectivity index (χ3n) is 5.16. The van der Waals surface area contributed by atoms with E-state index < -0.39 is 0 Å². The van der Waals surface area contributed by atoms with Crippen molar-refractivity contribution in [3.05, 3.63) is 86.0 Å². The summed E-state index contributed by atoms with van der Waals surface area (Å²) >= 11 is 6.53. The number of rotatable bonds is 8. The minimum atomic E-state index is -0.348. The summed E-state index contributed by atoms with van der Waals surface area (Å²) in [6, 6.07) is 10.2. The second kappa shape index (κ2) is 9.79. The molecular weight excluding hydrogens is 419 g/mol. The van der Waals surface area contributed by atoms with Crippen LogP contribution in [0.3, 0.4) is 0 Å². The number of pyridine rings is 1. The molecule has 0 bridgehead atoms. The molecule has 3 aromatic rings. The van der Waals surface area contributed by atoms with Crippen molar-refractivity contribution in [2.45, 2.75) is 20.3 Å². The summed E-state index contributed by atoms with van der Waals surface area (Å²) in [4.78, 5) is 21.9. The highest BCUT2D eigenvalue weighted by molar-refractivity contribution is 6.33. The van der Waals surface area contributed by atoms with Gasteiger partial charge in [0.25, 0.3) is 0 Å². The molecule has 1 aromatic heterocycles. The van der Waals surface area contributed by atoms with Crippen molar-refractivity contribution in [2.75, 3.05) is 13.2 Å². The van der Waals surface area contributed by atoms with Crippen molar-refractivity contribution in [3.8, 4) is 16.9 Å². The first kappa shape index (κ1) is 22.6. The summed E-state index contributed by atoms with van der Waals surface area (Å²) in [5, 5.41) is 3.06. The molecule has 0 aliphatic rings. The molecule has 0 atom stereocenters. The minimum Gasteiger partial charge on any atom is -0.490 e. The van der Waals surface area contributed by atoms with Crippen LogP contribution in [0.15, 0.2) is 47.4 Å². The van der Waals surface area contributed by atoms with Crippen LogP contribution in [0.5, 0.6) is 5.75 Å². The van der Waals surface area contributed by atoms with E-state index in [1.165, 1.54) is 16.7 Å². The number of aromatic nitrogens is 1. The quantitative estimate of drug-likeness (QED) is 0.420. The molecular formula is C24H24ClFN2O3. The Bertz CT molecular complexity index is 1170. The number of hydrogen-bond donors (Lipinski definition) is 1. The maximum atomic E-state index is 14.8. The zero-order valence-corrected chi connectivity index (χ0v) is 18.4. The molecule has 1 heterocycles. The molecule has 1 N–H and O–H groups in total. The number of benzene rings is 2. The third-order valence-corrected chi connectivity index (χ3v) is 5.62. The lowest BCUT2D eigenvalue weighted by Gasteiger charge is -2.16. The Hall–Kier alpha value is -3.12. The molecule has 2 aromatic carbocycles. The van der Waals surface area contributed by atoms with Crippen LogP contribution in [0.4, 0.5) is 4.39 Å². The van der Waals surface area contributed by atoms with Gasteiger partial charge in [0, 0.05) is 30.4 Å². The number of carbonyl (C=O) groups is 1. The summed E-state index contributed by atoms with van der Waals surface area (Å²) in [7, 11) is 1.64. The standard InChI is InChI=1S/C24H24ClFN2O3/c1-15-10-19(16(2)23(25)24(15)31-9-8-27-14-29)11-17-4-6-20(21(26)12-17)18-5-7-22(30)28(3)13-18/h4-7,10,12-14H,8-9,11H2,1-3H3,(H,27,29). The Morgan fingerprint density at radius 2 is 1.97 bits per heavy atom. The molecule has 162 valence electrons. The van der Waals surface area contributed by atoms with Gasteiger partial charge < -0.3 is 14.6 Å². The van der Waals surface area contributed by atoms with Crippen LogP contribution < -0.4 is 15.6 Å². The minimum absolute atomic E-state index is 0.143. The largest absolute Gasteiger partial charge is 0.490 e. The molecule has 0 aliphatic heterocycles. The highest BCUT2D eigenvalue weighted by atomic mass is 35.5. The number of aryl methyl sites for hydroxylation is 2. The summed E-state index contributed by atoms with van der Waals surface area (Å²) in [5.41, 5.74) is 4.48. The highest BCUT2D eigenvalue weighted by Gasteiger charge is 2.15. The van der Waals surface area contributed by atoms with Gasteiger partial charge in [0.15, 0.2) is 0 Å². The Kier molecular flexibility index (Phi) is 7.13. The van der Waals surface area contributed by atoms with E-state index in [0.717, 1.165) is 22.3 Å². The Labute approximate surface area is 185 Å². The molecule has 0 saturated heterocycles. The number of hydrogen-bond acceptors (Lipinski definition) is 3. The number of ether oxygens (including phenoxy) is 1. The zero-order chi connectivity index (χ0) is 22.5. The number of amides is 1. The van der Waals surface area contributed by atoms with Crippen LogP contribution in [0.1, 0.15) is 22.3 Å². The Balaban J connectivity index is 1.83. The summed E-state index contributed by atoms with van der Waals surface area (Å²) in [6.07, 6.45) is 2.76. The maximum Gasteiger partial charge on any atom is 0.250 e. The van der Waals surface area contributed by atoms with Gasteiger partial charge in [-0.25, -0.2) is 4.39 Å². The van der Waals surface area contributed by atoms with Gasteiger partial charge in [0.2, 0.25) is 12.0 Å². The predicted molar refractivity (Wildman–Crippen MR) is 120 cm³/mol. The van der Waals surface area contributed by atoms with E-state index in [2.05, 4.69) is 5.32 Å². The SMILES string of the molecule is Cc1cc(Cc2ccc(-c3ccc(=O)n(C)c3)c(F)c2)c(C)c(Cl)c1OCCNC=O. The summed E-state index contributed by atoms with van der Waals surface area (Å²) < 4.78 is 22.0. The fourth-order valence-electron chi connectivity index (χ4n) is 3.43. The second-order valence-electron chi connectivity index (χ2n) is 7.40. The zero-order valence-electron chi connectivity index (χ0n) is 17.7. The van der Waals surface area contributed by atoms with Gasteiger partial charge in [-0.15, -0.1) is 0 Å². The molecule has 0 saturated carbocycles. The van der Waals surface area contributed by atoms with Crippen molar-refractivity contribution in [3.63, 3.8) is 0 Å². The molecule has 31 heavy (non-hydrogen) atoms. The van der Waals surface area contributed by atoms with Gasteiger partial charge in [0.05, 0.1) is 11.6 Å². The number of carbonyl (C=O) groups excluding carboxylic acids is 1. The summed E-state index contributed by atoms with van der Waals surface area (Å²) in [6.45, 7) is 4.51. The fraction of sp³-hybridized carbons (Fsp3) is 0.250. The van der Waals surface area contributed by atoms with Crippen molar-refractivity contribution < 1.29 is 13.9 Å². The molecule has 7 heteroatoms. The maximum absolute atomic E-state index is 14.8. The molecule has 1 amide bonds. The summed E-state index contributed by atoms with van der Waals surface area (Å²) in [5.74, 6) is 0.242. The van der Waals surface area contributed by atoms with Gasteiger partial charge in [-0.2, -0.15) is 0 Å². The third kappa shape index (κ3) is 5.14. The molecule has 0 unspecified atom stereocenters. The van der Waals surface area contributed by atoms with E-state index in [4.69, 9.17) is 16.3 Å². The second-order valence-corrected chi connectivity index (χ2v) is 7.78. The fourth-order valence-corrected chi connectivity index (χ4v) is 3.75. The van der Waals surface area contributed by atoms with E-state index in [1.807, 2.05) is 26.0 Å². The average Bonchev–Trinajstić information content (AvgIpc) is 2.73. The van der Waals surface area contributed by atoms with Crippen LogP contribution in [-0.4, -0.2) is 24.1 Å². The van der Waals surface area contributed by atoms with E-state index in [9.17, 15) is 14.0 Å². The van der Waals surface area contributed by atoms with Crippen molar-refractivity contribution in [1.29, 1.82) is 0 Å².